The first-order valence-electron chi connectivity index (χ1n) is 10.6. The molecule has 1 amide bonds. The number of carbonyl (C=O) groups excluding carboxylic acids is 1. The van der Waals surface area contributed by atoms with E-state index in [1.807, 2.05) is 30.0 Å². The first-order valence-corrected chi connectivity index (χ1v) is 12.6. The van der Waals surface area contributed by atoms with Crippen molar-refractivity contribution < 1.29 is 9.53 Å². The number of aryl methyl sites for hydroxylation is 1. The molecule has 1 fully saturated rings. The van der Waals surface area contributed by atoms with Crippen LogP contribution in [-0.4, -0.2) is 33.9 Å². The molecule has 0 N–H and O–H groups in total. The zero-order valence-corrected chi connectivity index (χ0v) is 20.0. The summed E-state index contributed by atoms with van der Waals surface area (Å²) >= 11 is 9.11. The van der Waals surface area contributed by atoms with Crippen molar-refractivity contribution in [1.82, 2.24) is 14.9 Å². The average Bonchev–Trinajstić information content (AvgIpc) is 3.42. The molecule has 0 aliphatic carbocycles. The monoisotopic (exact) mass is 483 g/mol. The van der Waals surface area contributed by atoms with Crippen LogP contribution >= 0.6 is 34.3 Å². The highest BCUT2D eigenvalue weighted by Gasteiger charge is 2.28. The van der Waals surface area contributed by atoms with Crippen molar-refractivity contribution in [3.63, 3.8) is 0 Å². The molecule has 0 spiro atoms. The highest BCUT2D eigenvalue weighted by Crippen LogP contribution is 2.34. The summed E-state index contributed by atoms with van der Waals surface area (Å²) in [7, 11) is 0. The molecule has 5 rings (SSSR count). The maximum Gasteiger partial charge on any atom is 0.265 e. The van der Waals surface area contributed by atoms with Crippen LogP contribution < -0.4 is 4.74 Å². The normalized spacial score (nSPS) is 14.8. The van der Waals surface area contributed by atoms with Crippen LogP contribution in [0.15, 0.2) is 48.5 Å². The molecule has 5 nitrogen and oxygen atoms in total. The van der Waals surface area contributed by atoms with Gasteiger partial charge in [-0.2, -0.15) is 0 Å². The van der Waals surface area contributed by atoms with Gasteiger partial charge in [0.05, 0.1) is 20.9 Å². The fourth-order valence-corrected chi connectivity index (χ4v) is 6.13. The Morgan fingerprint density at radius 3 is 2.59 bits per heavy atom. The zero-order chi connectivity index (χ0) is 22.1. The van der Waals surface area contributed by atoms with Gasteiger partial charge < -0.3 is 9.64 Å². The SMILES string of the molecule is Cc1nc(COc2ccc(Cl)cc2)sc1C(=O)N1CCC(c2nc3ccccc3s2)CC1. The highest BCUT2D eigenvalue weighted by molar-refractivity contribution is 7.18. The largest absolute Gasteiger partial charge is 0.486 e. The van der Waals surface area contributed by atoms with Crippen LogP contribution in [0.3, 0.4) is 0 Å². The summed E-state index contributed by atoms with van der Waals surface area (Å²) in [5.74, 6) is 1.22. The first kappa shape index (κ1) is 21.4. The Morgan fingerprint density at radius 2 is 1.84 bits per heavy atom. The minimum absolute atomic E-state index is 0.0699. The smallest absolute Gasteiger partial charge is 0.265 e. The number of hydrogen-bond acceptors (Lipinski definition) is 6. The van der Waals surface area contributed by atoms with Gasteiger partial charge in [0, 0.05) is 24.0 Å². The van der Waals surface area contributed by atoms with Crippen LogP contribution in [-0.2, 0) is 6.61 Å². The molecule has 32 heavy (non-hydrogen) atoms. The van der Waals surface area contributed by atoms with Gasteiger partial charge in [0.2, 0.25) is 0 Å². The second-order valence-electron chi connectivity index (χ2n) is 7.85. The minimum atomic E-state index is 0.0699. The van der Waals surface area contributed by atoms with Crippen LogP contribution in [0.4, 0.5) is 0 Å². The Morgan fingerprint density at radius 1 is 1.09 bits per heavy atom. The Hall–Kier alpha value is -2.48. The number of amides is 1. The molecule has 1 saturated heterocycles. The van der Waals surface area contributed by atoms with E-state index in [0.29, 0.717) is 22.4 Å². The minimum Gasteiger partial charge on any atom is -0.486 e. The number of hydrogen-bond donors (Lipinski definition) is 0. The third kappa shape index (κ3) is 4.51. The summed E-state index contributed by atoms with van der Waals surface area (Å²) in [6, 6.07) is 15.5. The number of carbonyl (C=O) groups is 1. The van der Waals surface area contributed by atoms with Gasteiger partial charge in [-0.05, 0) is 56.2 Å². The van der Waals surface area contributed by atoms with E-state index >= 15 is 0 Å². The Labute approximate surface area is 199 Å². The summed E-state index contributed by atoms with van der Waals surface area (Å²) < 4.78 is 7.02. The molecule has 8 heteroatoms. The predicted octanol–water partition coefficient (Wildman–Crippen LogP) is 6.31. The van der Waals surface area contributed by atoms with Crippen molar-refractivity contribution in [3.05, 3.63) is 74.1 Å². The van der Waals surface area contributed by atoms with Crippen molar-refractivity contribution in [2.75, 3.05) is 13.1 Å². The molecule has 2 aromatic heterocycles. The van der Waals surface area contributed by atoms with E-state index in [4.69, 9.17) is 21.3 Å². The standard InChI is InChI=1S/C24H22ClN3O2S2/c1-15-22(32-21(26-15)14-30-18-8-6-17(25)7-9-18)24(29)28-12-10-16(11-13-28)23-27-19-4-2-3-5-20(19)31-23/h2-9,16H,10-14H2,1H3. The molecular weight excluding hydrogens is 462 g/mol. The lowest BCUT2D eigenvalue weighted by molar-refractivity contribution is 0.0717. The molecule has 0 bridgehead atoms. The van der Waals surface area contributed by atoms with Crippen LogP contribution in [0.1, 0.15) is 44.1 Å². The van der Waals surface area contributed by atoms with Crippen LogP contribution in [0.2, 0.25) is 5.02 Å². The number of ether oxygens (including phenoxy) is 1. The second kappa shape index (κ2) is 9.17. The Bertz CT molecular complexity index is 1210. The van der Waals surface area contributed by atoms with Gasteiger partial charge in [0.1, 0.15) is 22.2 Å². The number of halogens is 1. The van der Waals surface area contributed by atoms with Gasteiger partial charge in [0.25, 0.3) is 5.91 Å². The summed E-state index contributed by atoms with van der Waals surface area (Å²) in [5, 5.41) is 2.65. The molecule has 4 aromatic rings. The van der Waals surface area contributed by atoms with E-state index < -0.39 is 0 Å². The lowest BCUT2D eigenvalue weighted by Gasteiger charge is -2.30. The summed E-state index contributed by atoms with van der Waals surface area (Å²) in [5.41, 5.74) is 1.84. The van der Waals surface area contributed by atoms with Crippen molar-refractivity contribution in [2.45, 2.75) is 32.3 Å². The van der Waals surface area contributed by atoms with E-state index in [9.17, 15) is 4.79 Å². The van der Waals surface area contributed by atoms with Crippen LogP contribution in [0, 0.1) is 6.92 Å². The molecule has 0 saturated carbocycles. The fourth-order valence-electron chi connectivity index (χ4n) is 3.93. The molecule has 1 aliphatic rings. The third-order valence-electron chi connectivity index (χ3n) is 5.65. The second-order valence-corrected chi connectivity index (χ2v) is 10.4. The van der Waals surface area contributed by atoms with Crippen LogP contribution in [0.25, 0.3) is 10.2 Å². The number of piperidine rings is 1. The summed E-state index contributed by atoms with van der Waals surface area (Å²) in [6.07, 6.45) is 1.88. The number of aromatic nitrogens is 2. The van der Waals surface area contributed by atoms with E-state index in [2.05, 4.69) is 23.2 Å². The average molecular weight is 484 g/mol. The van der Waals surface area contributed by atoms with Crippen molar-refractivity contribution in [2.24, 2.45) is 0 Å². The van der Waals surface area contributed by atoms with Gasteiger partial charge in [-0.25, -0.2) is 9.97 Å². The molecule has 0 atom stereocenters. The van der Waals surface area contributed by atoms with E-state index in [1.165, 1.54) is 21.0 Å². The number of likely N-dealkylation sites (tertiary alicyclic amines) is 1. The maximum absolute atomic E-state index is 13.2. The van der Waals surface area contributed by atoms with Gasteiger partial charge in [-0.1, -0.05) is 23.7 Å². The van der Waals surface area contributed by atoms with E-state index in [1.54, 1.807) is 23.5 Å². The quantitative estimate of drug-likeness (QED) is 0.333. The van der Waals surface area contributed by atoms with Gasteiger partial charge in [0.15, 0.2) is 0 Å². The van der Waals surface area contributed by atoms with Crippen molar-refractivity contribution in [1.29, 1.82) is 0 Å². The third-order valence-corrected chi connectivity index (χ3v) is 8.22. The van der Waals surface area contributed by atoms with Crippen LogP contribution in [0.5, 0.6) is 5.75 Å². The molecule has 164 valence electrons. The maximum atomic E-state index is 13.2. The number of para-hydroxylation sites is 1. The highest BCUT2D eigenvalue weighted by atomic mass is 35.5. The Balaban J connectivity index is 1.20. The number of rotatable bonds is 5. The molecule has 0 unspecified atom stereocenters. The van der Waals surface area contributed by atoms with Crippen molar-refractivity contribution in [3.8, 4) is 5.75 Å². The Kier molecular flexibility index (Phi) is 6.13. The molecule has 3 heterocycles. The van der Waals surface area contributed by atoms with Gasteiger partial charge in [-0.15, -0.1) is 22.7 Å². The fraction of sp³-hybridized carbons (Fsp3) is 0.292. The lowest BCUT2D eigenvalue weighted by Crippen LogP contribution is -2.37. The topological polar surface area (TPSA) is 55.3 Å². The van der Waals surface area contributed by atoms with Gasteiger partial charge in [-0.3, -0.25) is 4.79 Å². The lowest BCUT2D eigenvalue weighted by atomic mass is 9.97. The molecule has 1 aliphatic heterocycles. The molecule has 0 radical (unpaired) electrons. The van der Waals surface area contributed by atoms with Crippen molar-refractivity contribution >= 4 is 50.4 Å². The molecular formula is C24H22ClN3O2S2. The first-order chi connectivity index (χ1) is 15.6. The number of thiazole rings is 2. The number of nitrogens with zero attached hydrogens (tertiary/aromatic N) is 3. The number of fused-ring (bicyclic) bond motifs is 1. The number of benzene rings is 2. The summed E-state index contributed by atoms with van der Waals surface area (Å²) in [4.78, 5) is 25.2. The summed E-state index contributed by atoms with van der Waals surface area (Å²) in [6.45, 7) is 3.71. The predicted molar refractivity (Wildman–Crippen MR) is 130 cm³/mol. The molecule has 2 aromatic carbocycles. The van der Waals surface area contributed by atoms with Gasteiger partial charge >= 0.3 is 0 Å². The zero-order valence-electron chi connectivity index (χ0n) is 17.6. The van der Waals surface area contributed by atoms with E-state index in [0.717, 1.165) is 47.9 Å². The van der Waals surface area contributed by atoms with E-state index in [-0.39, 0.29) is 5.91 Å².